The minimum Gasteiger partial charge on any atom is -0.389 e. The Labute approximate surface area is 104 Å². The molecule has 5 heteroatoms. The Hall–Kier alpha value is -0.200. The first kappa shape index (κ1) is 14.9. The molecule has 3 atom stereocenters. The number of hydrogen-bond acceptors (Lipinski definition) is 5. The second-order valence-electron chi connectivity index (χ2n) is 4.71. The van der Waals surface area contributed by atoms with E-state index in [1.165, 1.54) is 0 Å². The maximum Gasteiger partial charge on any atom is 0.0900 e. The lowest BCUT2D eigenvalue weighted by Gasteiger charge is -2.26. The van der Waals surface area contributed by atoms with E-state index in [0.717, 1.165) is 19.6 Å². The van der Waals surface area contributed by atoms with Crippen molar-refractivity contribution in [2.75, 3.05) is 47.1 Å². The monoisotopic (exact) mass is 247 g/mol. The third kappa shape index (κ3) is 5.79. The summed E-state index contributed by atoms with van der Waals surface area (Å²) in [6.07, 6.45) is 0.610. The molecular formula is C12H25NO4. The second-order valence-corrected chi connectivity index (χ2v) is 4.71. The predicted octanol–water partition coefficient (Wildman–Crippen LogP) is 0.120. The van der Waals surface area contributed by atoms with Crippen molar-refractivity contribution in [3.63, 3.8) is 0 Å². The molecule has 0 aromatic carbocycles. The van der Waals surface area contributed by atoms with Gasteiger partial charge in [-0.05, 0) is 20.4 Å². The lowest BCUT2D eigenvalue weighted by molar-refractivity contribution is -0.0407. The Morgan fingerprint density at radius 2 is 2.24 bits per heavy atom. The first-order valence-corrected chi connectivity index (χ1v) is 6.20. The molecule has 1 fully saturated rings. The summed E-state index contributed by atoms with van der Waals surface area (Å²) >= 11 is 0. The van der Waals surface area contributed by atoms with E-state index in [1.807, 2.05) is 14.0 Å². The van der Waals surface area contributed by atoms with Gasteiger partial charge in [0.25, 0.3) is 0 Å². The third-order valence-electron chi connectivity index (χ3n) is 3.00. The smallest absolute Gasteiger partial charge is 0.0900 e. The summed E-state index contributed by atoms with van der Waals surface area (Å²) in [4.78, 5) is 2.14. The van der Waals surface area contributed by atoms with Gasteiger partial charge in [-0.3, -0.25) is 4.90 Å². The molecule has 0 amide bonds. The lowest BCUT2D eigenvalue weighted by atomic mass is 10.2. The van der Waals surface area contributed by atoms with E-state index in [4.69, 9.17) is 14.2 Å². The highest BCUT2D eigenvalue weighted by molar-refractivity contribution is 4.75. The van der Waals surface area contributed by atoms with Gasteiger partial charge >= 0.3 is 0 Å². The maximum absolute atomic E-state index is 9.85. The van der Waals surface area contributed by atoms with Crippen molar-refractivity contribution in [2.24, 2.45) is 0 Å². The lowest BCUT2D eigenvalue weighted by Crippen LogP contribution is -2.40. The second kappa shape index (κ2) is 8.00. The van der Waals surface area contributed by atoms with Crippen LogP contribution in [0, 0.1) is 0 Å². The van der Waals surface area contributed by atoms with Crippen molar-refractivity contribution in [3.8, 4) is 0 Å². The van der Waals surface area contributed by atoms with Crippen LogP contribution in [0.25, 0.3) is 0 Å². The molecule has 1 saturated heterocycles. The van der Waals surface area contributed by atoms with Crippen molar-refractivity contribution in [1.29, 1.82) is 0 Å². The Kier molecular flexibility index (Phi) is 6.99. The van der Waals surface area contributed by atoms with E-state index in [-0.39, 0.29) is 6.10 Å². The van der Waals surface area contributed by atoms with Gasteiger partial charge in [-0.1, -0.05) is 0 Å². The normalized spacial score (nSPS) is 24.2. The zero-order chi connectivity index (χ0) is 12.7. The molecule has 102 valence electrons. The van der Waals surface area contributed by atoms with Crippen molar-refractivity contribution in [1.82, 2.24) is 4.90 Å². The van der Waals surface area contributed by atoms with Crippen LogP contribution in [0.3, 0.4) is 0 Å². The van der Waals surface area contributed by atoms with Crippen LogP contribution in [-0.4, -0.2) is 75.4 Å². The molecule has 0 aliphatic carbocycles. The van der Waals surface area contributed by atoms with Crippen LogP contribution in [0.2, 0.25) is 0 Å². The number of aliphatic hydroxyl groups is 1. The number of methoxy groups -OCH3 is 1. The fourth-order valence-electron chi connectivity index (χ4n) is 1.96. The predicted molar refractivity (Wildman–Crippen MR) is 65.2 cm³/mol. The molecule has 0 aromatic heterocycles. The molecule has 1 N–H and O–H groups in total. The summed E-state index contributed by atoms with van der Waals surface area (Å²) < 4.78 is 15.8. The van der Waals surface area contributed by atoms with E-state index >= 15 is 0 Å². The van der Waals surface area contributed by atoms with Crippen LogP contribution >= 0.6 is 0 Å². The van der Waals surface area contributed by atoms with E-state index in [0.29, 0.717) is 25.8 Å². The first-order chi connectivity index (χ1) is 8.13. The summed E-state index contributed by atoms with van der Waals surface area (Å²) in [7, 11) is 3.66. The van der Waals surface area contributed by atoms with Crippen LogP contribution in [0.5, 0.6) is 0 Å². The molecule has 1 aliphatic heterocycles. The topological polar surface area (TPSA) is 51.2 Å². The number of ether oxygens (including phenoxy) is 3. The molecular weight excluding hydrogens is 222 g/mol. The van der Waals surface area contributed by atoms with Gasteiger partial charge in [-0.2, -0.15) is 0 Å². The average molecular weight is 247 g/mol. The van der Waals surface area contributed by atoms with Gasteiger partial charge in [0.15, 0.2) is 0 Å². The summed E-state index contributed by atoms with van der Waals surface area (Å²) in [5.41, 5.74) is 0. The zero-order valence-electron chi connectivity index (χ0n) is 11.1. The molecule has 0 spiro atoms. The minimum atomic E-state index is -0.458. The Morgan fingerprint density at radius 1 is 1.47 bits per heavy atom. The van der Waals surface area contributed by atoms with Crippen LogP contribution in [0.15, 0.2) is 0 Å². The SMILES string of the molecule is COCC(C)OCC(O)CN(C)C1CCOC1. The van der Waals surface area contributed by atoms with Crippen molar-refractivity contribution in [2.45, 2.75) is 31.6 Å². The van der Waals surface area contributed by atoms with Gasteiger partial charge in [0, 0.05) is 26.3 Å². The Bertz CT molecular complexity index is 197. The van der Waals surface area contributed by atoms with E-state index in [2.05, 4.69) is 4.90 Å². The average Bonchev–Trinajstić information content (AvgIpc) is 2.80. The number of rotatable bonds is 8. The van der Waals surface area contributed by atoms with Gasteiger partial charge in [-0.15, -0.1) is 0 Å². The van der Waals surface area contributed by atoms with Gasteiger partial charge in [-0.25, -0.2) is 0 Å². The standard InChI is InChI=1S/C12H25NO4/c1-10(7-15-3)17-9-12(14)6-13(2)11-4-5-16-8-11/h10-12,14H,4-9H2,1-3H3. The fourth-order valence-corrected chi connectivity index (χ4v) is 1.96. The third-order valence-corrected chi connectivity index (χ3v) is 3.00. The maximum atomic E-state index is 9.85. The largest absolute Gasteiger partial charge is 0.389 e. The van der Waals surface area contributed by atoms with Crippen molar-refractivity contribution in [3.05, 3.63) is 0 Å². The molecule has 0 aromatic rings. The van der Waals surface area contributed by atoms with E-state index in [9.17, 15) is 5.11 Å². The summed E-state index contributed by atoms with van der Waals surface area (Å²) in [6, 6.07) is 0.432. The molecule has 1 aliphatic rings. The highest BCUT2D eigenvalue weighted by atomic mass is 16.5. The van der Waals surface area contributed by atoms with E-state index < -0.39 is 6.10 Å². The summed E-state index contributed by atoms with van der Waals surface area (Å²) in [5.74, 6) is 0. The molecule has 0 saturated carbocycles. The van der Waals surface area contributed by atoms with Gasteiger partial charge in [0.1, 0.15) is 0 Å². The Morgan fingerprint density at radius 3 is 2.82 bits per heavy atom. The molecule has 17 heavy (non-hydrogen) atoms. The number of aliphatic hydroxyl groups excluding tert-OH is 1. The highest BCUT2D eigenvalue weighted by Gasteiger charge is 2.22. The molecule has 0 radical (unpaired) electrons. The van der Waals surface area contributed by atoms with Crippen LogP contribution in [0.4, 0.5) is 0 Å². The number of hydrogen-bond donors (Lipinski definition) is 1. The van der Waals surface area contributed by atoms with Gasteiger partial charge in [0.2, 0.25) is 0 Å². The molecule has 3 unspecified atom stereocenters. The quantitative estimate of drug-likeness (QED) is 0.660. The summed E-state index contributed by atoms with van der Waals surface area (Å²) in [6.45, 7) is 5.05. The highest BCUT2D eigenvalue weighted by Crippen LogP contribution is 2.10. The molecule has 1 heterocycles. The Balaban J connectivity index is 2.12. The molecule has 0 bridgehead atoms. The van der Waals surface area contributed by atoms with Gasteiger partial charge < -0.3 is 19.3 Å². The first-order valence-electron chi connectivity index (χ1n) is 6.20. The molecule has 5 nitrogen and oxygen atoms in total. The molecule has 1 rings (SSSR count). The zero-order valence-corrected chi connectivity index (χ0v) is 11.1. The number of nitrogens with zero attached hydrogens (tertiary/aromatic N) is 1. The summed E-state index contributed by atoms with van der Waals surface area (Å²) in [5, 5.41) is 9.85. The van der Waals surface area contributed by atoms with Crippen LogP contribution < -0.4 is 0 Å². The number of likely N-dealkylation sites (N-methyl/N-ethyl adjacent to an activating group) is 1. The minimum absolute atomic E-state index is 0.0229. The van der Waals surface area contributed by atoms with Crippen LogP contribution in [-0.2, 0) is 14.2 Å². The van der Waals surface area contributed by atoms with Crippen molar-refractivity contribution >= 4 is 0 Å². The van der Waals surface area contributed by atoms with Crippen molar-refractivity contribution < 1.29 is 19.3 Å². The fraction of sp³-hybridized carbons (Fsp3) is 1.00. The van der Waals surface area contributed by atoms with Crippen LogP contribution in [0.1, 0.15) is 13.3 Å². The van der Waals surface area contributed by atoms with E-state index in [1.54, 1.807) is 7.11 Å². The van der Waals surface area contributed by atoms with Gasteiger partial charge in [0.05, 0.1) is 32.0 Å².